The molecule has 0 aromatic heterocycles. The van der Waals surface area contributed by atoms with Gasteiger partial charge >= 0.3 is 0 Å². The molecule has 2 fully saturated rings. The number of hydrogen-bond acceptors (Lipinski definition) is 1. The first-order chi connectivity index (χ1) is 7.27. The van der Waals surface area contributed by atoms with Crippen LogP contribution in [0.2, 0.25) is 0 Å². The Morgan fingerprint density at radius 2 is 2.20 bits per heavy atom. The van der Waals surface area contributed by atoms with Crippen LogP contribution in [0.5, 0.6) is 0 Å². The summed E-state index contributed by atoms with van der Waals surface area (Å²) in [5, 5.41) is 0. The van der Waals surface area contributed by atoms with Gasteiger partial charge in [-0.3, -0.25) is 0 Å². The van der Waals surface area contributed by atoms with Crippen LogP contribution < -0.4 is 0 Å². The summed E-state index contributed by atoms with van der Waals surface area (Å²) in [6, 6.07) is 0. The quantitative estimate of drug-likeness (QED) is 0.505. The van der Waals surface area contributed by atoms with Crippen molar-refractivity contribution in [2.75, 3.05) is 0 Å². The van der Waals surface area contributed by atoms with Gasteiger partial charge in [-0.15, -0.1) is 6.58 Å². The Morgan fingerprint density at radius 1 is 1.40 bits per heavy atom. The van der Waals surface area contributed by atoms with Crippen molar-refractivity contribution in [3.63, 3.8) is 0 Å². The molecule has 1 nitrogen and oxygen atoms in total. The highest BCUT2D eigenvalue weighted by Crippen LogP contribution is 2.50. The maximum Gasteiger partial charge on any atom is 0.0878 e. The minimum absolute atomic E-state index is 0.356. The summed E-state index contributed by atoms with van der Waals surface area (Å²) in [7, 11) is 0. The number of hydrogen-bond donors (Lipinski definition) is 0. The zero-order chi connectivity index (χ0) is 10.9. The Balaban J connectivity index is 2.19. The van der Waals surface area contributed by atoms with Crippen LogP contribution in [0.15, 0.2) is 12.7 Å². The van der Waals surface area contributed by atoms with Crippen molar-refractivity contribution < 1.29 is 4.74 Å². The molecule has 0 aromatic carbocycles. The van der Waals surface area contributed by atoms with Crippen LogP contribution in [0.3, 0.4) is 0 Å². The van der Waals surface area contributed by atoms with E-state index in [9.17, 15) is 0 Å². The predicted octanol–water partition coefficient (Wildman–Crippen LogP) is 3.94. The van der Waals surface area contributed by atoms with Crippen LogP contribution >= 0.6 is 0 Å². The Morgan fingerprint density at radius 3 is 2.80 bits per heavy atom. The second-order valence-corrected chi connectivity index (χ2v) is 5.19. The molecule has 4 unspecified atom stereocenters. The number of ether oxygens (including phenoxy) is 1. The molecule has 0 aromatic rings. The van der Waals surface area contributed by atoms with E-state index in [4.69, 9.17) is 4.74 Å². The molecule has 86 valence electrons. The predicted molar refractivity (Wildman–Crippen MR) is 63.8 cm³/mol. The SMILES string of the molecule is C=CC1(CC)CCCCC2OC2C1CC. The first-order valence-electron chi connectivity index (χ1n) is 6.56. The molecule has 15 heavy (non-hydrogen) atoms. The topological polar surface area (TPSA) is 12.5 Å². The van der Waals surface area contributed by atoms with E-state index in [2.05, 4.69) is 26.5 Å². The molecule has 1 heteroatoms. The van der Waals surface area contributed by atoms with E-state index in [1.165, 1.54) is 38.5 Å². The third-order valence-corrected chi connectivity index (χ3v) is 4.64. The maximum absolute atomic E-state index is 5.85. The van der Waals surface area contributed by atoms with Crippen LogP contribution in [0.4, 0.5) is 0 Å². The highest BCUT2D eigenvalue weighted by atomic mass is 16.6. The third kappa shape index (κ3) is 1.87. The molecule has 0 spiro atoms. The van der Waals surface area contributed by atoms with Crippen LogP contribution in [-0.4, -0.2) is 12.2 Å². The first-order valence-corrected chi connectivity index (χ1v) is 6.56. The number of allylic oxidation sites excluding steroid dienone is 1. The van der Waals surface area contributed by atoms with Crippen molar-refractivity contribution in [2.24, 2.45) is 11.3 Å². The van der Waals surface area contributed by atoms with Crippen molar-refractivity contribution in [3.05, 3.63) is 12.7 Å². The van der Waals surface area contributed by atoms with Gasteiger partial charge in [-0.05, 0) is 37.0 Å². The van der Waals surface area contributed by atoms with Crippen molar-refractivity contribution >= 4 is 0 Å². The molecule has 2 aliphatic rings. The van der Waals surface area contributed by atoms with E-state index in [1.807, 2.05) is 0 Å². The second-order valence-electron chi connectivity index (χ2n) is 5.19. The van der Waals surface area contributed by atoms with Gasteiger partial charge in [0, 0.05) is 0 Å². The maximum atomic E-state index is 5.85. The van der Waals surface area contributed by atoms with Crippen molar-refractivity contribution in [1.29, 1.82) is 0 Å². The summed E-state index contributed by atoms with van der Waals surface area (Å²) >= 11 is 0. The molecule has 1 saturated heterocycles. The lowest BCUT2D eigenvalue weighted by molar-refractivity contribution is 0.149. The minimum Gasteiger partial charge on any atom is -0.369 e. The van der Waals surface area contributed by atoms with Gasteiger partial charge in [0.1, 0.15) is 0 Å². The van der Waals surface area contributed by atoms with Gasteiger partial charge < -0.3 is 4.74 Å². The van der Waals surface area contributed by atoms with Gasteiger partial charge in [-0.2, -0.15) is 0 Å². The van der Waals surface area contributed by atoms with E-state index in [0.717, 1.165) is 0 Å². The number of epoxide rings is 1. The smallest absolute Gasteiger partial charge is 0.0878 e. The molecule has 2 rings (SSSR count). The van der Waals surface area contributed by atoms with E-state index in [1.54, 1.807) is 0 Å². The highest BCUT2D eigenvalue weighted by Gasteiger charge is 2.51. The zero-order valence-electron chi connectivity index (χ0n) is 10.2. The summed E-state index contributed by atoms with van der Waals surface area (Å²) in [6.07, 6.45) is 11.1. The van der Waals surface area contributed by atoms with Gasteiger partial charge in [0.2, 0.25) is 0 Å². The first kappa shape index (κ1) is 11.2. The van der Waals surface area contributed by atoms with Crippen LogP contribution in [-0.2, 0) is 4.74 Å². The molecule has 1 aliphatic carbocycles. The summed E-state index contributed by atoms with van der Waals surface area (Å²) < 4.78 is 5.85. The normalized spacial score (nSPS) is 45.1. The largest absolute Gasteiger partial charge is 0.369 e. The minimum atomic E-state index is 0.356. The molecule has 1 heterocycles. The summed E-state index contributed by atoms with van der Waals surface area (Å²) in [4.78, 5) is 0. The van der Waals surface area contributed by atoms with Crippen LogP contribution in [0.25, 0.3) is 0 Å². The Bertz CT molecular complexity index is 235. The molecule has 0 bridgehead atoms. The molecule has 1 saturated carbocycles. The van der Waals surface area contributed by atoms with Crippen molar-refractivity contribution in [2.45, 2.75) is 64.6 Å². The van der Waals surface area contributed by atoms with Crippen molar-refractivity contribution in [3.8, 4) is 0 Å². The van der Waals surface area contributed by atoms with E-state index in [0.29, 0.717) is 23.5 Å². The highest BCUT2D eigenvalue weighted by molar-refractivity contribution is 5.06. The number of fused-ring (bicyclic) bond motifs is 1. The van der Waals surface area contributed by atoms with Crippen LogP contribution in [0.1, 0.15) is 52.4 Å². The zero-order valence-corrected chi connectivity index (χ0v) is 10.2. The van der Waals surface area contributed by atoms with E-state index in [-0.39, 0.29) is 0 Å². The van der Waals surface area contributed by atoms with Gasteiger partial charge in [0.25, 0.3) is 0 Å². The van der Waals surface area contributed by atoms with Gasteiger partial charge in [0.05, 0.1) is 12.2 Å². The third-order valence-electron chi connectivity index (χ3n) is 4.64. The molecule has 4 atom stereocenters. The molecule has 0 amide bonds. The molecular formula is C14H24O. The average Bonchev–Trinajstić information content (AvgIpc) is 2.98. The van der Waals surface area contributed by atoms with E-state index < -0.39 is 0 Å². The molecule has 1 aliphatic heterocycles. The van der Waals surface area contributed by atoms with Crippen molar-refractivity contribution in [1.82, 2.24) is 0 Å². The second kappa shape index (κ2) is 4.29. The Kier molecular flexibility index (Phi) is 3.20. The van der Waals surface area contributed by atoms with Crippen LogP contribution in [0, 0.1) is 11.3 Å². The van der Waals surface area contributed by atoms with Gasteiger partial charge in [-0.1, -0.05) is 32.8 Å². The Labute approximate surface area is 93.9 Å². The molecule has 0 radical (unpaired) electrons. The fourth-order valence-corrected chi connectivity index (χ4v) is 3.53. The fourth-order valence-electron chi connectivity index (χ4n) is 3.53. The summed E-state index contributed by atoms with van der Waals surface area (Å²) in [6.45, 7) is 8.71. The fraction of sp³-hybridized carbons (Fsp3) is 0.857. The molecular weight excluding hydrogens is 184 g/mol. The number of rotatable bonds is 3. The standard InChI is InChI=1S/C14H24O/c1-4-11-13-12(15-13)9-7-8-10-14(11,5-2)6-3/h5,11-13H,2,4,6-10H2,1,3H3. The van der Waals surface area contributed by atoms with Gasteiger partial charge in [-0.25, -0.2) is 0 Å². The monoisotopic (exact) mass is 208 g/mol. The summed E-state index contributed by atoms with van der Waals surface area (Å²) in [5.74, 6) is 0.713. The lowest BCUT2D eigenvalue weighted by Crippen LogP contribution is -2.33. The lowest BCUT2D eigenvalue weighted by atomic mass is 9.66. The molecule has 0 N–H and O–H groups in total. The lowest BCUT2D eigenvalue weighted by Gasteiger charge is -2.38. The van der Waals surface area contributed by atoms with Gasteiger partial charge in [0.15, 0.2) is 0 Å². The Hall–Kier alpha value is -0.300. The van der Waals surface area contributed by atoms with E-state index >= 15 is 0 Å². The average molecular weight is 208 g/mol. The summed E-state index contributed by atoms with van der Waals surface area (Å²) in [5.41, 5.74) is 0.356.